The summed E-state index contributed by atoms with van der Waals surface area (Å²) >= 11 is 0. The molecule has 0 heterocycles. The number of nitriles is 1. The van der Waals surface area contributed by atoms with E-state index in [9.17, 15) is 8.78 Å². The van der Waals surface area contributed by atoms with Crippen molar-refractivity contribution in [2.45, 2.75) is 19.1 Å². The van der Waals surface area contributed by atoms with Crippen molar-refractivity contribution in [1.29, 1.82) is 5.26 Å². The van der Waals surface area contributed by atoms with E-state index in [1.54, 1.807) is 18.2 Å². The molecule has 0 aliphatic carbocycles. The maximum atomic E-state index is 12.0. The molecule has 1 unspecified atom stereocenters. The molecule has 1 aromatic rings. The van der Waals surface area contributed by atoms with E-state index in [4.69, 9.17) is 15.1 Å². The van der Waals surface area contributed by atoms with Crippen molar-refractivity contribution in [2.75, 3.05) is 13.7 Å². The van der Waals surface area contributed by atoms with Gasteiger partial charge in [0.25, 0.3) is 6.43 Å². The van der Waals surface area contributed by atoms with Crippen molar-refractivity contribution >= 4 is 0 Å². The number of methoxy groups -OCH3 is 1. The molecular weight excluding hydrogens is 242 g/mol. The van der Waals surface area contributed by atoms with Crippen molar-refractivity contribution in [1.82, 2.24) is 5.32 Å². The van der Waals surface area contributed by atoms with E-state index >= 15 is 0 Å². The number of aliphatic hydroxyl groups is 1. The molecule has 0 aliphatic rings. The molecule has 0 aliphatic heterocycles. The lowest BCUT2D eigenvalue weighted by Gasteiger charge is -2.11. The zero-order valence-corrected chi connectivity index (χ0v) is 9.86. The van der Waals surface area contributed by atoms with Gasteiger partial charge in [0.05, 0.1) is 12.7 Å². The fourth-order valence-corrected chi connectivity index (χ4v) is 1.39. The summed E-state index contributed by atoms with van der Waals surface area (Å²) in [6.45, 7) is 0.117. The van der Waals surface area contributed by atoms with Gasteiger partial charge in [0, 0.05) is 13.1 Å². The Bertz CT molecular complexity index is 433. The van der Waals surface area contributed by atoms with Crippen LogP contribution in [0.5, 0.6) is 5.75 Å². The lowest BCUT2D eigenvalue weighted by atomic mass is 10.1. The number of halogens is 2. The van der Waals surface area contributed by atoms with Crippen LogP contribution in [0.3, 0.4) is 0 Å². The molecule has 0 fully saturated rings. The first-order chi connectivity index (χ1) is 8.58. The van der Waals surface area contributed by atoms with Crippen LogP contribution >= 0.6 is 0 Å². The van der Waals surface area contributed by atoms with Crippen LogP contribution in [-0.4, -0.2) is 31.3 Å². The van der Waals surface area contributed by atoms with Crippen LogP contribution in [-0.2, 0) is 6.54 Å². The van der Waals surface area contributed by atoms with Gasteiger partial charge in [-0.15, -0.1) is 0 Å². The molecule has 0 aromatic heterocycles. The summed E-state index contributed by atoms with van der Waals surface area (Å²) in [5, 5.41) is 20.4. The number of rotatable bonds is 6. The maximum absolute atomic E-state index is 12.0. The smallest absolute Gasteiger partial charge is 0.265 e. The summed E-state index contributed by atoms with van der Waals surface area (Å²) in [6, 6.07) is 6.93. The second kappa shape index (κ2) is 6.89. The van der Waals surface area contributed by atoms with E-state index < -0.39 is 12.5 Å². The zero-order chi connectivity index (χ0) is 13.5. The third kappa shape index (κ3) is 3.95. The number of nitrogens with one attached hydrogen (secondary N) is 1. The SMILES string of the molecule is COc1cc(CNCC(O)C(F)F)ccc1C#N. The van der Waals surface area contributed by atoms with Crippen molar-refractivity contribution in [3.63, 3.8) is 0 Å². The van der Waals surface area contributed by atoms with Crippen LogP contribution in [0.2, 0.25) is 0 Å². The van der Waals surface area contributed by atoms with E-state index in [0.717, 1.165) is 5.56 Å². The van der Waals surface area contributed by atoms with Crippen LogP contribution in [0.1, 0.15) is 11.1 Å². The van der Waals surface area contributed by atoms with Gasteiger partial charge < -0.3 is 15.2 Å². The summed E-state index contributed by atoms with van der Waals surface area (Å²) < 4.78 is 29.1. The fourth-order valence-electron chi connectivity index (χ4n) is 1.39. The summed E-state index contributed by atoms with van der Waals surface area (Å²) in [5.41, 5.74) is 1.20. The van der Waals surface area contributed by atoms with Gasteiger partial charge in [0.2, 0.25) is 0 Å². The number of ether oxygens (including phenoxy) is 1. The topological polar surface area (TPSA) is 65.3 Å². The third-order valence-electron chi connectivity index (χ3n) is 2.36. The molecule has 2 N–H and O–H groups in total. The maximum Gasteiger partial charge on any atom is 0.265 e. The summed E-state index contributed by atoms with van der Waals surface area (Å²) in [7, 11) is 1.45. The molecule has 18 heavy (non-hydrogen) atoms. The molecule has 0 spiro atoms. The quantitative estimate of drug-likeness (QED) is 0.804. The van der Waals surface area contributed by atoms with Crippen LogP contribution in [0, 0.1) is 11.3 Å². The van der Waals surface area contributed by atoms with Gasteiger partial charge in [-0.05, 0) is 17.7 Å². The fraction of sp³-hybridized carbons (Fsp3) is 0.417. The first-order valence-corrected chi connectivity index (χ1v) is 5.32. The van der Waals surface area contributed by atoms with Gasteiger partial charge in [-0.1, -0.05) is 6.07 Å². The standard InChI is InChI=1S/C12H14F2N2O2/c1-18-11-4-8(2-3-9(11)5-15)6-16-7-10(17)12(13)14/h2-4,10,12,16-17H,6-7H2,1H3. The first kappa shape index (κ1) is 14.4. The highest BCUT2D eigenvalue weighted by atomic mass is 19.3. The van der Waals surface area contributed by atoms with Crippen LogP contribution < -0.4 is 10.1 Å². The minimum Gasteiger partial charge on any atom is -0.495 e. The predicted octanol–water partition coefficient (Wildman–Crippen LogP) is 1.28. The molecule has 1 atom stereocenters. The van der Waals surface area contributed by atoms with Crippen molar-refractivity contribution in [3.8, 4) is 11.8 Å². The summed E-state index contributed by atoms with van der Waals surface area (Å²) in [5.74, 6) is 0.436. The number of hydrogen-bond acceptors (Lipinski definition) is 4. The first-order valence-electron chi connectivity index (χ1n) is 5.32. The van der Waals surface area contributed by atoms with Crippen molar-refractivity contribution in [2.24, 2.45) is 0 Å². The Labute approximate surface area is 104 Å². The van der Waals surface area contributed by atoms with Crippen LogP contribution in [0.4, 0.5) is 8.78 Å². The molecule has 0 saturated carbocycles. The van der Waals surface area contributed by atoms with Gasteiger partial charge in [-0.3, -0.25) is 0 Å². The Morgan fingerprint density at radius 1 is 1.50 bits per heavy atom. The minimum absolute atomic E-state index is 0.194. The largest absolute Gasteiger partial charge is 0.495 e. The summed E-state index contributed by atoms with van der Waals surface area (Å²) in [4.78, 5) is 0. The number of benzene rings is 1. The lowest BCUT2D eigenvalue weighted by Crippen LogP contribution is -2.31. The van der Waals surface area contributed by atoms with Crippen molar-refractivity contribution < 1.29 is 18.6 Å². The van der Waals surface area contributed by atoms with Crippen LogP contribution in [0.15, 0.2) is 18.2 Å². The van der Waals surface area contributed by atoms with Gasteiger partial charge in [-0.2, -0.15) is 5.26 Å². The minimum atomic E-state index is -2.76. The van der Waals surface area contributed by atoms with E-state index in [0.29, 0.717) is 17.9 Å². The number of hydrogen-bond donors (Lipinski definition) is 2. The highest BCUT2D eigenvalue weighted by molar-refractivity contribution is 5.45. The Morgan fingerprint density at radius 3 is 2.78 bits per heavy atom. The molecule has 1 rings (SSSR count). The Kier molecular flexibility index (Phi) is 5.49. The van der Waals surface area contributed by atoms with Gasteiger partial charge >= 0.3 is 0 Å². The van der Waals surface area contributed by atoms with Gasteiger partial charge in [-0.25, -0.2) is 8.78 Å². The van der Waals surface area contributed by atoms with E-state index in [1.807, 2.05) is 6.07 Å². The average molecular weight is 256 g/mol. The Balaban J connectivity index is 2.56. The molecule has 98 valence electrons. The molecular formula is C12H14F2N2O2. The van der Waals surface area contributed by atoms with E-state index in [-0.39, 0.29) is 6.54 Å². The highest BCUT2D eigenvalue weighted by Gasteiger charge is 2.15. The van der Waals surface area contributed by atoms with Crippen molar-refractivity contribution in [3.05, 3.63) is 29.3 Å². The van der Waals surface area contributed by atoms with E-state index in [1.165, 1.54) is 7.11 Å². The Morgan fingerprint density at radius 2 is 2.22 bits per heavy atom. The summed E-state index contributed by atoms with van der Waals surface area (Å²) in [6.07, 6.45) is -4.43. The lowest BCUT2D eigenvalue weighted by molar-refractivity contribution is -0.00340. The van der Waals surface area contributed by atoms with E-state index in [2.05, 4.69) is 5.32 Å². The monoisotopic (exact) mass is 256 g/mol. The molecule has 0 amide bonds. The molecule has 0 radical (unpaired) electrons. The molecule has 6 heteroatoms. The zero-order valence-electron chi connectivity index (χ0n) is 9.86. The second-order valence-electron chi connectivity index (χ2n) is 3.68. The number of aliphatic hydroxyl groups excluding tert-OH is 1. The molecule has 0 bridgehead atoms. The van der Waals surface area contributed by atoms with Gasteiger partial charge in [0.15, 0.2) is 0 Å². The van der Waals surface area contributed by atoms with Gasteiger partial charge in [0.1, 0.15) is 17.9 Å². The molecule has 0 saturated heterocycles. The highest BCUT2D eigenvalue weighted by Crippen LogP contribution is 2.19. The average Bonchev–Trinajstić information content (AvgIpc) is 2.38. The number of nitrogens with zero attached hydrogens (tertiary/aromatic N) is 1. The number of alkyl halides is 2. The normalized spacial score (nSPS) is 12.2. The third-order valence-corrected chi connectivity index (χ3v) is 2.36. The Hall–Kier alpha value is -1.71. The second-order valence-corrected chi connectivity index (χ2v) is 3.68. The predicted molar refractivity (Wildman–Crippen MR) is 61.4 cm³/mol. The molecule has 4 nitrogen and oxygen atoms in total. The van der Waals surface area contributed by atoms with Crippen LogP contribution in [0.25, 0.3) is 0 Å². The molecule has 1 aromatic carbocycles.